The summed E-state index contributed by atoms with van der Waals surface area (Å²) >= 11 is 0. The molecule has 0 spiro atoms. The summed E-state index contributed by atoms with van der Waals surface area (Å²) in [4.78, 5) is -0.979. The molecule has 29 heavy (non-hydrogen) atoms. The molecule has 1 N–H and O–H groups in total. The molecule has 3 aromatic rings. The molecule has 0 bridgehead atoms. The lowest BCUT2D eigenvalue weighted by Gasteiger charge is -2.32. The quantitative estimate of drug-likeness (QED) is 0.616. The molecule has 3 rings (SSSR count). The number of benzene rings is 3. The first kappa shape index (κ1) is 21.2. The number of rotatable bonds is 7. The molecule has 152 valence electrons. The van der Waals surface area contributed by atoms with Crippen molar-refractivity contribution in [1.82, 2.24) is 0 Å². The zero-order valence-corrected chi connectivity index (χ0v) is 16.9. The van der Waals surface area contributed by atoms with E-state index in [0.29, 0.717) is 0 Å². The van der Waals surface area contributed by atoms with Crippen molar-refractivity contribution in [2.75, 3.05) is 6.61 Å². The van der Waals surface area contributed by atoms with Gasteiger partial charge in [0.25, 0.3) is 0 Å². The van der Waals surface area contributed by atoms with Gasteiger partial charge in [0.2, 0.25) is 19.7 Å². The maximum atomic E-state index is 16.7. The van der Waals surface area contributed by atoms with Crippen molar-refractivity contribution in [3.8, 4) is 0 Å². The molecule has 1 unspecified atom stereocenters. The molecule has 0 fully saturated rings. The maximum Gasteiger partial charge on any atom is 0.326 e. The van der Waals surface area contributed by atoms with Crippen molar-refractivity contribution >= 4 is 19.7 Å². The van der Waals surface area contributed by atoms with Crippen LogP contribution in [0.25, 0.3) is 0 Å². The fourth-order valence-electron chi connectivity index (χ4n) is 3.14. The minimum atomic E-state index is -5.08. The number of hydrogen-bond donors (Lipinski definition) is 1. The van der Waals surface area contributed by atoms with E-state index in [1.165, 1.54) is 60.7 Å². The SMILES string of the molecule is O=S(=O)(c1ccccc1)C(F)(C(CO)c1ccccc1)S(=O)(=O)c1ccccc1. The van der Waals surface area contributed by atoms with E-state index in [1.807, 2.05) is 0 Å². The predicted octanol–water partition coefficient (Wildman–Crippen LogP) is 3.33. The molecule has 0 aliphatic rings. The van der Waals surface area contributed by atoms with E-state index in [1.54, 1.807) is 6.07 Å². The zero-order valence-electron chi connectivity index (χ0n) is 15.2. The molecule has 0 heterocycles. The average molecular weight is 435 g/mol. The molecule has 0 radical (unpaired) electrons. The normalized spacial score (nSPS) is 13.7. The number of aliphatic hydroxyl groups is 1. The van der Waals surface area contributed by atoms with Gasteiger partial charge in [0.15, 0.2) is 0 Å². The van der Waals surface area contributed by atoms with Gasteiger partial charge in [-0.2, -0.15) is 0 Å². The Morgan fingerprint density at radius 3 is 1.38 bits per heavy atom. The summed E-state index contributed by atoms with van der Waals surface area (Å²) in [6.45, 7) is -1.03. The monoisotopic (exact) mass is 434 g/mol. The molecular weight excluding hydrogens is 415 g/mol. The van der Waals surface area contributed by atoms with Gasteiger partial charge in [-0.3, -0.25) is 0 Å². The fourth-order valence-corrected chi connectivity index (χ4v) is 7.72. The molecule has 0 aliphatic heterocycles. The Balaban J connectivity index is 2.36. The molecule has 0 amide bonds. The lowest BCUT2D eigenvalue weighted by molar-refractivity contribution is 0.201. The highest BCUT2D eigenvalue weighted by Gasteiger charge is 2.62. The molecular formula is C21H19FO5S2. The number of alkyl halides is 1. The molecule has 3 aromatic carbocycles. The molecule has 1 atom stereocenters. The van der Waals surface area contributed by atoms with Crippen LogP contribution in [0.5, 0.6) is 0 Å². The standard InChI is InChI=1S/C21H19FO5S2/c22-21(20(16-23)17-10-4-1-5-11-17,28(24,25)18-12-6-2-7-13-18)29(26,27)19-14-8-3-9-15-19/h1-15,20,23H,16H2. The Morgan fingerprint density at radius 2 is 1.03 bits per heavy atom. The van der Waals surface area contributed by atoms with Gasteiger partial charge in [-0.25, -0.2) is 21.2 Å². The van der Waals surface area contributed by atoms with E-state index >= 15 is 4.39 Å². The van der Waals surface area contributed by atoms with Crippen LogP contribution in [0.3, 0.4) is 0 Å². The first-order valence-corrected chi connectivity index (χ1v) is 11.7. The number of hydrogen-bond acceptors (Lipinski definition) is 5. The highest BCUT2D eigenvalue weighted by molar-refractivity contribution is 8.10. The van der Waals surface area contributed by atoms with Gasteiger partial charge in [0.05, 0.1) is 22.3 Å². The minimum absolute atomic E-state index is 0.0523. The van der Waals surface area contributed by atoms with Crippen molar-refractivity contribution in [3.05, 3.63) is 96.6 Å². The van der Waals surface area contributed by atoms with Gasteiger partial charge in [0.1, 0.15) is 0 Å². The Kier molecular flexibility index (Phi) is 5.88. The number of aliphatic hydroxyl groups excluding tert-OH is 1. The van der Waals surface area contributed by atoms with Crippen LogP contribution in [-0.4, -0.2) is 32.9 Å². The van der Waals surface area contributed by atoms with Crippen LogP contribution >= 0.6 is 0 Å². The summed E-state index contributed by atoms with van der Waals surface area (Å²) in [6.07, 6.45) is 0. The predicted molar refractivity (Wildman–Crippen MR) is 107 cm³/mol. The summed E-state index contributed by atoms with van der Waals surface area (Å²) in [7, 11) is -10.2. The van der Waals surface area contributed by atoms with Crippen LogP contribution in [0.4, 0.5) is 4.39 Å². The van der Waals surface area contributed by atoms with Gasteiger partial charge in [-0.1, -0.05) is 66.7 Å². The van der Waals surface area contributed by atoms with Crippen molar-refractivity contribution in [2.45, 2.75) is 20.0 Å². The van der Waals surface area contributed by atoms with E-state index < -0.39 is 46.3 Å². The first-order chi connectivity index (χ1) is 13.8. The Morgan fingerprint density at radius 1 is 0.690 bits per heavy atom. The van der Waals surface area contributed by atoms with Crippen LogP contribution in [0.1, 0.15) is 11.5 Å². The van der Waals surface area contributed by atoms with E-state index in [9.17, 15) is 21.9 Å². The highest BCUT2D eigenvalue weighted by Crippen LogP contribution is 2.46. The van der Waals surface area contributed by atoms with E-state index in [-0.39, 0.29) is 5.56 Å². The Bertz CT molecular complexity index is 1090. The fraction of sp³-hybridized carbons (Fsp3) is 0.143. The highest BCUT2D eigenvalue weighted by atomic mass is 32.3. The van der Waals surface area contributed by atoms with Gasteiger partial charge >= 0.3 is 4.33 Å². The van der Waals surface area contributed by atoms with Gasteiger partial charge in [-0.05, 0) is 29.8 Å². The second kappa shape index (κ2) is 8.06. The summed E-state index contributed by atoms with van der Waals surface area (Å²) < 4.78 is 66.4. The van der Waals surface area contributed by atoms with Crippen LogP contribution in [0.2, 0.25) is 0 Å². The molecule has 8 heteroatoms. The van der Waals surface area contributed by atoms with Crippen LogP contribution in [-0.2, 0) is 19.7 Å². The van der Waals surface area contributed by atoms with Crippen molar-refractivity contribution < 1.29 is 26.3 Å². The van der Waals surface area contributed by atoms with Crippen LogP contribution in [0.15, 0.2) is 101 Å². The van der Waals surface area contributed by atoms with Crippen molar-refractivity contribution in [2.24, 2.45) is 0 Å². The first-order valence-electron chi connectivity index (χ1n) is 8.71. The lowest BCUT2D eigenvalue weighted by atomic mass is 10.0. The third kappa shape index (κ3) is 3.48. The number of sulfone groups is 2. The Hall–Kier alpha value is -2.55. The molecule has 0 aromatic heterocycles. The number of halogens is 1. The smallest absolute Gasteiger partial charge is 0.326 e. The molecule has 5 nitrogen and oxygen atoms in total. The van der Waals surface area contributed by atoms with Crippen LogP contribution in [0, 0.1) is 0 Å². The third-order valence-corrected chi connectivity index (χ3v) is 9.78. The molecule has 0 saturated heterocycles. The van der Waals surface area contributed by atoms with Crippen molar-refractivity contribution in [1.29, 1.82) is 0 Å². The van der Waals surface area contributed by atoms with Crippen LogP contribution < -0.4 is 0 Å². The minimum Gasteiger partial charge on any atom is -0.396 e. The topological polar surface area (TPSA) is 88.5 Å². The summed E-state index contributed by atoms with van der Waals surface area (Å²) in [6, 6.07) is 20.5. The zero-order chi connectivity index (χ0) is 21.1. The second-order valence-corrected chi connectivity index (χ2v) is 10.8. The van der Waals surface area contributed by atoms with Crippen molar-refractivity contribution in [3.63, 3.8) is 0 Å². The molecule has 0 saturated carbocycles. The summed E-state index contributed by atoms with van der Waals surface area (Å²) in [5.74, 6) is -1.86. The van der Waals surface area contributed by atoms with Gasteiger partial charge < -0.3 is 5.11 Å². The summed E-state index contributed by atoms with van der Waals surface area (Å²) in [5.41, 5.74) is 0.0523. The van der Waals surface area contributed by atoms with E-state index in [2.05, 4.69) is 0 Å². The third-order valence-electron chi connectivity index (χ3n) is 4.64. The van der Waals surface area contributed by atoms with E-state index in [0.717, 1.165) is 24.3 Å². The van der Waals surface area contributed by atoms with Gasteiger partial charge in [0, 0.05) is 0 Å². The molecule has 0 aliphatic carbocycles. The maximum absolute atomic E-state index is 16.7. The Labute approximate surface area is 169 Å². The lowest BCUT2D eigenvalue weighted by Crippen LogP contribution is -2.48. The van der Waals surface area contributed by atoms with E-state index in [4.69, 9.17) is 0 Å². The second-order valence-electron chi connectivity index (χ2n) is 6.36. The summed E-state index contributed by atoms with van der Waals surface area (Å²) in [5, 5.41) is 9.97. The largest absolute Gasteiger partial charge is 0.396 e. The average Bonchev–Trinajstić information content (AvgIpc) is 2.76. The van der Waals surface area contributed by atoms with Gasteiger partial charge in [-0.15, -0.1) is 0 Å².